The number of rotatable bonds is 3. The number of nitrogens with one attached hydrogen (secondary N) is 1. The zero-order valence-corrected chi connectivity index (χ0v) is 9.67. The first-order valence-electron chi connectivity index (χ1n) is 5.24. The highest BCUT2D eigenvalue weighted by atomic mass is 19.2. The monoisotopic (exact) mass is 237 g/mol. The number of halogens is 2. The highest BCUT2D eigenvalue weighted by molar-refractivity contribution is 5.46. The predicted molar refractivity (Wildman–Crippen MR) is 61.6 cm³/mol. The third-order valence-electron chi connectivity index (χ3n) is 2.48. The highest BCUT2D eigenvalue weighted by Gasteiger charge is 2.05. The zero-order valence-electron chi connectivity index (χ0n) is 9.67. The van der Waals surface area contributed by atoms with Gasteiger partial charge in [0.2, 0.25) is 0 Å². The van der Waals surface area contributed by atoms with Gasteiger partial charge in [-0.3, -0.25) is 4.68 Å². The Labute approximate surface area is 98.1 Å². The molecular formula is C12H13F2N3. The largest absolute Gasteiger partial charge is 0.378 e. The van der Waals surface area contributed by atoms with Crippen LogP contribution in [0.25, 0.3) is 0 Å². The first-order chi connectivity index (χ1) is 8.06. The number of benzene rings is 1. The van der Waals surface area contributed by atoms with E-state index in [0.717, 1.165) is 17.4 Å². The van der Waals surface area contributed by atoms with Crippen molar-refractivity contribution < 1.29 is 8.78 Å². The molecule has 2 aromatic rings. The van der Waals surface area contributed by atoms with Crippen LogP contribution in [0.4, 0.5) is 14.5 Å². The fourth-order valence-corrected chi connectivity index (χ4v) is 1.62. The van der Waals surface area contributed by atoms with Gasteiger partial charge in [0.25, 0.3) is 0 Å². The minimum absolute atomic E-state index is 0.434. The van der Waals surface area contributed by atoms with E-state index in [9.17, 15) is 8.78 Å². The summed E-state index contributed by atoms with van der Waals surface area (Å²) < 4.78 is 27.4. The maximum absolute atomic E-state index is 13.0. The van der Waals surface area contributed by atoms with Gasteiger partial charge in [0.15, 0.2) is 11.6 Å². The second-order valence-corrected chi connectivity index (χ2v) is 3.90. The van der Waals surface area contributed by atoms with Crippen molar-refractivity contribution in [2.24, 2.45) is 7.05 Å². The van der Waals surface area contributed by atoms with Crippen LogP contribution in [0.3, 0.4) is 0 Å². The van der Waals surface area contributed by atoms with E-state index >= 15 is 0 Å². The first-order valence-corrected chi connectivity index (χ1v) is 5.24. The molecular weight excluding hydrogens is 224 g/mol. The minimum Gasteiger partial charge on any atom is -0.378 e. The van der Waals surface area contributed by atoms with E-state index in [0.29, 0.717) is 12.1 Å². The van der Waals surface area contributed by atoms with E-state index in [4.69, 9.17) is 0 Å². The predicted octanol–water partition coefficient (Wildman–Crippen LogP) is 2.62. The van der Waals surface area contributed by atoms with Gasteiger partial charge < -0.3 is 5.32 Å². The molecule has 0 bridgehead atoms. The SMILES string of the molecule is Cc1nn(C)cc1NCc1ccc(F)c(F)c1. The summed E-state index contributed by atoms with van der Waals surface area (Å²) in [6.07, 6.45) is 1.84. The Balaban J connectivity index is 2.07. The highest BCUT2D eigenvalue weighted by Crippen LogP contribution is 2.14. The van der Waals surface area contributed by atoms with Gasteiger partial charge >= 0.3 is 0 Å². The van der Waals surface area contributed by atoms with Crippen LogP contribution in [0.5, 0.6) is 0 Å². The van der Waals surface area contributed by atoms with Crippen LogP contribution in [0, 0.1) is 18.6 Å². The van der Waals surface area contributed by atoms with Crippen molar-refractivity contribution in [3.63, 3.8) is 0 Å². The number of hydrogen-bond acceptors (Lipinski definition) is 2. The third kappa shape index (κ3) is 2.61. The molecule has 2 rings (SSSR count). The first kappa shape index (κ1) is 11.6. The van der Waals surface area contributed by atoms with Crippen LogP contribution in [0.1, 0.15) is 11.3 Å². The molecule has 0 amide bonds. The van der Waals surface area contributed by atoms with Crippen LogP contribution in [-0.2, 0) is 13.6 Å². The Morgan fingerprint density at radius 3 is 2.65 bits per heavy atom. The standard InChI is InChI=1S/C12H13F2N3/c1-8-12(7-17(2)16-8)15-6-9-3-4-10(13)11(14)5-9/h3-5,7,15H,6H2,1-2H3. The van der Waals surface area contributed by atoms with Crippen molar-refractivity contribution in [1.82, 2.24) is 9.78 Å². The van der Waals surface area contributed by atoms with E-state index < -0.39 is 11.6 Å². The van der Waals surface area contributed by atoms with Gasteiger partial charge in [-0.1, -0.05) is 6.07 Å². The lowest BCUT2D eigenvalue weighted by Gasteiger charge is -2.05. The van der Waals surface area contributed by atoms with E-state index in [1.54, 1.807) is 10.7 Å². The molecule has 0 saturated carbocycles. The topological polar surface area (TPSA) is 29.9 Å². The van der Waals surface area contributed by atoms with Crippen molar-refractivity contribution >= 4 is 5.69 Å². The molecule has 17 heavy (non-hydrogen) atoms. The van der Waals surface area contributed by atoms with Gasteiger partial charge in [0.05, 0.1) is 11.4 Å². The van der Waals surface area contributed by atoms with Gasteiger partial charge in [-0.2, -0.15) is 5.10 Å². The Morgan fingerprint density at radius 1 is 1.29 bits per heavy atom. The molecule has 90 valence electrons. The number of aromatic nitrogens is 2. The zero-order chi connectivity index (χ0) is 12.4. The molecule has 0 fully saturated rings. The van der Waals surface area contributed by atoms with Gasteiger partial charge in [-0.05, 0) is 24.6 Å². The summed E-state index contributed by atoms with van der Waals surface area (Å²) in [5, 5.41) is 7.30. The fraction of sp³-hybridized carbons (Fsp3) is 0.250. The van der Waals surface area contributed by atoms with Crippen LogP contribution in [0.2, 0.25) is 0 Å². The van der Waals surface area contributed by atoms with Gasteiger partial charge in [0, 0.05) is 19.8 Å². The van der Waals surface area contributed by atoms with Gasteiger partial charge in [-0.25, -0.2) is 8.78 Å². The van der Waals surface area contributed by atoms with E-state index in [1.807, 2.05) is 20.2 Å². The lowest BCUT2D eigenvalue weighted by molar-refractivity contribution is 0.507. The molecule has 0 spiro atoms. The number of hydrogen-bond donors (Lipinski definition) is 1. The van der Waals surface area contributed by atoms with E-state index in [2.05, 4.69) is 10.4 Å². The quantitative estimate of drug-likeness (QED) is 0.889. The molecule has 0 aliphatic carbocycles. The normalized spacial score (nSPS) is 10.6. The molecule has 0 aliphatic heterocycles. The summed E-state index contributed by atoms with van der Waals surface area (Å²) in [6, 6.07) is 3.87. The lowest BCUT2D eigenvalue weighted by Crippen LogP contribution is -2.00. The number of anilines is 1. The second kappa shape index (κ2) is 4.53. The molecule has 5 heteroatoms. The van der Waals surface area contributed by atoms with E-state index in [-0.39, 0.29) is 0 Å². The van der Waals surface area contributed by atoms with Crippen molar-refractivity contribution in [3.8, 4) is 0 Å². The average molecular weight is 237 g/mol. The van der Waals surface area contributed by atoms with Crippen molar-refractivity contribution in [3.05, 3.63) is 47.3 Å². The molecule has 1 N–H and O–H groups in total. The van der Waals surface area contributed by atoms with Crippen LogP contribution >= 0.6 is 0 Å². The maximum atomic E-state index is 13.0. The van der Waals surface area contributed by atoms with Crippen LogP contribution < -0.4 is 5.32 Å². The Bertz CT molecular complexity index is 535. The molecule has 1 heterocycles. The molecule has 0 unspecified atom stereocenters. The molecule has 0 atom stereocenters. The molecule has 3 nitrogen and oxygen atoms in total. The summed E-state index contributed by atoms with van der Waals surface area (Å²) in [5.41, 5.74) is 2.44. The summed E-state index contributed by atoms with van der Waals surface area (Å²) in [7, 11) is 1.83. The minimum atomic E-state index is -0.827. The maximum Gasteiger partial charge on any atom is 0.159 e. The Hall–Kier alpha value is -1.91. The van der Waals surface area contributed by atoms with Crippen LogP contribution in [-0.4, -0.2) is 9.78 Å². The summed E-state index contributed by atoms with van der Waals surface area (Å²) >= 11 is 0. The summed E-state index contributed by atoms with van der Waals surface area (Å²) in [5.74, 6) is -1.65. The van der Waals surface area contributed by atoms with Gasteiger partial charge in [-0.15, -0.1) is 0 Å². The Kier molecular flexibility index (Phi) is 3.08. The lowest BCUT2D eigenvalue weighted by atomic mass is 10.2. The van der Waals surface area contributed by atoms with Crippen molar-refractivity contribution in [2.75, 3.05) is 5.32 Å². The third-order valence-corrected chi connectivity index (χ3v) is 2.48. The molecule has 0 radical (unpaired) electrons. The second-order valence-electron chi connectivity index (χ2n) is 3.90. The molecule has 0 aliphatic rings. The summed E-state index contributed by atoms with van der Waals surface area (Å²) in [6.45, 7) is 2.32. The number of nitrogens with zero attached hydrogens (tertiary/aromatic N) is 2. The van der Waals surface area contributed by atoms with Crippen LogP contribution in [0.15, 0.2) is 24.4 Å². The van der Waals surface area contributed by atoms with Gasteiger partial charge in [0.1, 0.15) is 0 Å². The fourth-order valence-electron chi connectivity index (χ4n) is 1.62. The molecule has 1 aromatic heterocycles. The summed E-state index contributed by atoms with van der Waals surface area (Å²) in [4.78, 5) is 0. The van der Waals surface area contributed by atoms with E-state index in [1.165, 1.54) is 6.07 Å². The smallest absolute Gasteiger partial charge is 0.159 e. The Morgan fingerprint density at radius 2 is 2.06 bits per heavy atom. The van der Waals surface area contributed by atoms with Crippen molar-refractivity contribution in [1.29, 1.82) is 0 Å². The number of aryl methyl sites for hydroxylation is 2. The molecule has 1 aromatic carbocycles. The molecule has 0 saturated heterocycles. The average Bonchev–Trinajstić information content (AvgIpc) is 2.59. The van der Waals surface area contributed by atoms with Crippen molar-refractivity contribution in [2.45, 2.75) is 13.5 Å².